The molecular weight excluding hydrogens is 310 g/mol. The summed E-state index contributed by atoms with van der Waals surface area (Å²) in [6, 6.07) is 18.1. The molecule has 1 unspecified atom stereocenters. The Morgan fingerprint density at radius 3 is 2.36 bits per heavy atom. The van der Waals surface area contributed by atoms with Gasteiger partial charge in [-0.05, 0) is 48.2 Å². The Morgan fingerprint density at radius 1 is 0.920 bits per heavy atom. The van der Waals surface area contributed by atoms with Crippen molar-refractivity contribution in [3.63, 3.8) is 0 Å². The number of pyridine rings is 2. The summed E-state index contributed by atoms with van der Waals surface area (Å²) < 4.78 is 5.55. The number of hydrogen-bond donors (Lipinski definition) is 0. The molecule has 0 fully saturated rings. The lowest BCUT2D eigenvalue weighted by molar-refractivity contribution is 0.395. The minimum atomic E-state index is -0.753. The van der Waals surface area contributed by atoms with E-state index in [1.54, 1.807) is 25.7 Å². The highest BCUT2D eigenvalue weighted by atomic mass is 16.5. The monoisotopic (exact) mass is 329 g/mol. The molecule has 2 heterocycles. The van der Waals surface area contributed by atoms with Crippen LogP contribution < -0.4 is 4.74 Å². The van der Waals surface area contributed by atoms with Crippen LogP contribution in [0.4, 0.5) is 0 Å². The SMILES string of the molecule is COc1ccccc1C(C#N)(Cc1ccncc1)Cc1cccnc1. The molecule has 0 spiro atoms. The minimum absolute atomic E-state index is 0.556. The summed E-state index contributed by atoms with van der Waals surface area (Å²) in [5.41, 5.74) is 2.22. The number of nitriles is 1. The quantitative estimate of drug-likeness (QED) is 0.691. The molecule has 0 aliphatic rings. The fraction of sp³-hybridized carbons (Fsp3) is 0.190. The van der Waals surface area contributed by atoms with Crippen LogP contribution in [-0.2, 0) is 18.3 Å². The van der Waals surface area contributed by atoms with E-state index in [2.05, 4.69) is 16.0 Å². The lowest BCUT2D eigenvalue weighted by Gasteiger charge is -2.29. The fourth-order valence-corrected chi connectivity index (χ4v) is 3.13. The van der Waals surface area contributed by atoms with Crippen molar-refractivity contribution in [3.8, 4) is 11.8 Å². The summed E-state index contributed by atoms with van der Waals surface area (Å²) in [6.45, 7) is 0. The van der Waals surface area contributed by atoms with Gasteiger partial charge in [-0.25, -0.2) is 0 Å². The predicted molar refractivity (Wildman–Crippen MR) is 96.2 cm³/mol. The Labute approximate surface area is 147 Å². The fourth-order valence-electron chi connectivity index (χ4n) is 3.13. The molecule has 1 aromatic carbocycles. The van der Waals surface area contributed by atoms with Crippen LogP contribution in [0.15, 0.2) is 73.3 Å². The molecule has 124 valence electrons. The topological polar surface area (TPSA) is 58.8 Å². The van der Waals surface area contributed by atoms with Gasteiger partial charge in [-0.2, -0.15) is 5.26 Å². The van der Waals surface area contributed by atoms with Gasteiger partial charge in [0.2, 0.25) is 0 Å². The third-order valence-electron chi connectivity index (χ3n) is 4.32. The molecule has 3 aromatic rings. The molecule has 0 radical (unpaired) electrons. The third kappa shape index (κ3) is 3.67. The van der Waals surface area contributed by atoms with Crippen LogP contribution in [0.2, 0.25) is 0 Å². The Hall–Kier alpha value is -3.19. The van der Waals surface area contributed by atoms with Crippen molar-refractivity contribution in [1.29, 1.82) is 5.26 Å². The molecular formula is C21H19N3O. The molecule has 0 saturated heterocycles. The molecule has 0 amide bonds. The van der Waals surface area contributed by atoms with Crippen LogP contribution in [-0.4, -0.2) is 17.1 Å². The van der Waals surface area contributed by atoms with Gasteiger partial charge in [-0.1, -0.05) is 24.3 Å². The molecule has 0 N–H and O–H groups in total. The number of aromatic nitrogens is 2. The zero-order valence-corrected chi connectivity index (χ0v) is 14.1. The van der Waals surface area contributed by atoms with Crippen molar-refractivity contribution < 1.29 is 4.74 Å². The molecule has 0 saturated carbocycles. The number of methoxy groups -OCH3 is 1. The summed E-state index contributed by atoms with van der Waals surface area (Å²) >= 11 is 0. The van der Waals surface area contributed by atoms with Gasteiger partial charge in [0.05, 0.1) is 18.6 Å². The number of ether oxygens (including phenoxy) is 1. The maximum atomic E-state index is 10.2. The highest BCUT2D eigenvalue weighted by molar-refractivity contribution is 5.46. The van der Waals surface area contributed by atoms with Crippen LogP contribution in [0.25, 0.3) is 0 Å². The number of benzene rings is 1. The van der Waals surface area contributed by atoms with E-state index in [-0.39, 0.29) is 0 Å². The van der Waals surface area contributed by atoms with Gasteiger partial charge >= 0.3 is 0 Å². The van der Waals surface area contributed by atoms with Gasteiger partial charge in [0, 0.05) is 30.4 Å². The van der Waals surface area contributed by atoms with Crippen LogP contribution >= 0.6 is 0 Å². The van der Waals surface area contributed by atoms with Crippen molar-refractivity contribution in [2.45, 2.75) is 18.3 Å². The lowest BCUT2D eigenvalue weighted by Crippen LogP contribution is -2.30. The van der Waals surface area contributed by atoms with E-state index in [0.717, 1.165) is 22.4 Å². The maximum absolute atomic E-state index is 10.2. The molecule has 1 atom stereocenters. The Balaban J connectivity index is 2.10. The maximum Gasteiger partial charge on any atom is 0.123 e. The van der Waals surface area contributed by atoms with E-state index >= 15 is 0 Å². The average molecular weight is 329 g/mol. The third-order valence-corrected chi connectivity index (χ3v) is 4.32. The number of hydrogen-bond acceptors (Lipinski definition) is 4. The van der Waals surface area contributed by atoms with Crippen LogP contribution in [0.1, 0.15) is 16.7 Å². The Morgan fingerprint density at radius 2 is 1.68 bits per heavy atom. The molecule has 0 aliphatic heterocycles. The van der Waals surface area contributed by atoms with Gasteiger partial charge in [0.15, 0.2) is 0 Å². The molecule has 0 aliphatic carbocycles. The smallest absolute Gasteiger partial charge is 0.123 e. The largest absolute Gasteiger partial charge is 0.496 e. The van der Waals surface area contributed by atoms with E-state index in [4.69, 9.17) is 4.74 Å². The number of nitrogens with zero attached hydrogens (tertiary/aromatic N) is 3. The van der Waals surface area contributed by atoms with Crippen LogP contribution in [0.5, 0.6) is 5.75 Å². The summed E-state index contributed by atoms with van der Waals surface area (Å²) in [5.74, 6) is 0.724. The highest BCUT2D eigenvalue weighted by Crippen LogP contribution is 2.37. The first kappa shape index (κ1) is 16.7. The van der Waals surface area contributed by atoms with Crippen molar-refractivity contribution in [3.05, 3.63) is 90.0 Å². The normalized spacial score (nSPS) is 12.8. The first-order valence-electron chi connectivity index (χ1n) is 8.10. The van der Waals surface area contributed by atoms with Crippen molar-refractivity contribution >= 4 is 0 Å². The zero-order valence-electron chi connectivity index (χ0n) is 14.1. The van der Waals surface area contributed by atoms with E-state index in [0.29, 0.717) is 12.8 Å². The van der Waals surface area contributed by atoms with Gasteiger partial charge in [-0.15, -0.1) is 0 Å². The predicted octanol–water partition coefficient (Wildman–Crippen LogP) is 3.73. The van der Waals surface area contributed by atoms with E-state index in [1.807, 2.05) is 54.7 Å². The number of rotatable bonds is 6. The average Bonchev–Trinajstić information content (AvgIpc) is 2.69. The van der Waals surface area contributed by atoms with E-state index in [1.165, 1.54) is 0 Å². The first-order valence-corrected chi connectivity index (χ1v) is 8.10. The number of para-hydroxylation sites is 1. The van der Waals surface area contributed by atoms with Crippen molar-refractivity contribution in [2.75, 3.05) is 7.11 Å². The van der Waals surface area contributed by atoms with E-state index in [9.17, 15) is 5.26 Å². The highest BCUT2D eigenvalue weighted by Gasteiger charge is 2.35. The van der Waals surface area contributed by atoms with Crippen LogP contribution in [0, 0.1) is 11.3 Å². The van der Waals surface area contributed by atoms with Gasteiger partial charge in [0.25, 0.3) is 0 Å². The summed E-state index contributed by atoms with van der Waals surface area (Å²) in [4.78, 5) is 8.27. The standard InChI is InChI=1S/C21H19N3O/c1-25-20-7-3-2-6-19(20)21(16-22,13-17-8-11-23-12-9-17)14-18-5-4-10-24-15-18/h2-12,15H,13-14H2,1H3. The first-order chi connectivity index (χ1) is 12.3. The second kappa shape index (κ2) is 7.59. The van der Waals surface area contributed by atoms with Crippen molar-refractivity contribution in [2.24, 2.45) is 0 Å². The minimum Gasteiger partial charge on any atom is -0.496 e. The second-order valence-corrected chi connectivity index (χ2v) is 5.96. The van der Waals surface area contributed by atoms with Gasteiger partial charge < -0.3 is 4.74 Å². The zero-order chi connectivity index (χ0) is 17.5. The summed E-state index contributed by atoms with van der Waals surface area (Å²) in [7, 11) is 1.64. The second-order valence-electron chi connectivity index (χ2n) is 5.96. The van der Waals surface area contributed by atoms with Crippen LogP contribution in [0.3, 0.4) is 0 Å². The lowest BCUT2D eigenvalue weighted by atomic mass is 9.72. The Kier molecular flexibility index (Phi) is 5.06. The van der Waals surface area contributed by atoms with Gasteiger partial charge in [0.1, 0.15) is 5.75 Å². The van der Waals surface area contributed by atoms with Gasteiger partial charge in [-0.3, -0.25) is 9.97 Å². The molecule has 4 nitrogen and oxygen atoms in total. The molecule has 3 rings (SSSR count). The molecule has 25 heavy (non-hydrogen) atoms. The summed E-state index contributed by atoms with van der Waals surface area (Å²) in [6.07, 6.45) is 8.19. The van der Waals surface area contributed by atoms with Crippen molar-refractivity contribution in [1.82, 2.24) is 9.97 Å². The molecule has 2 aromatic heterocycles. The summed E-state index contributed by atoms with van der Waals surface area (Å²) in [5, 5.41) is 10.2. The van der Waals surface area contributed by atoms with E-state index < -0.39 is 5.41 Å². The molecule has 4 heteroatoms. The Bertz CT molecular complexity index is 816. The molecule has 0 bridgehead atoms.